The minimum Gasteiger partial charge on any atom is -0.301 e. The monoisotopic (exact) mass is 113 g/mol. The Hall–Kier alpha value is -0.950. The van der Waals surface area contributed by atoms with E-state index in [1.807, 2.05) is 0 Å². The van der Waals surface area contributed by atoms with E-state index in [0.717, 1.165) is 0 Å². The maximum absolute atomic E-state index is 9.85. The van der Waals surface area contributed by atoms with Crippen LogP contribution < -0.4 is 0 Å². The smallest absolute Gasteiger partial charge is 0.235 e. The lowest BCUT2D eigenvalue weighted by molar-refractivity contribution is -0.108. The molecule has 0 aromatic rings. The van der Waals surface area contributed by atoms with E-state index >= 15 is 0 Å². The van der Waals surface area contributed by atoms with Crippen molar-refractivity contribution in [1.82, 2.24) is 0 Å². The summed E-state index contributed by atoms with van der Waals surface area (Å²) >= 11 is 0. The Kier molecular flexibility index (Phi) is 3.71. The third-order valence-corrected chi connectivity index (χ3v) is 0.794. The van der Waals surface area contributed by atoms with Gasteiger partial charge in [0.25, 0.3) is 0 Å². The van der Waals surface area contributed by atoms with Gasteiger partial charge in [0.15, 0.2) is 0 Å². The molecule has 0 spiro atoms. The number of aldehydes is 1. The van der Waals surface area contributed by atoms with Gasteiger partial charge in [-0.05, 0) is 6.42 Å². The molecule has 0 N–H and O–H groups in total. The van der Waals surface area contributed by atoms with Crippen LogP contribution in [0.3, 0.4) is 0 Å². The van der Waals surface area contributed by atoms with Gasteiger partial charge >= 0.3 is 0 Å². The van der Waals surface area contributed by atoms with E-state index in [1.165, 1.54) is 6.08 Å². The molecule has 3 heteroatoms. The van der Waals surface area contributed by atoms with E-state index < -0.39 is 6.04 Å². The minimum atomic E-state index is -0.479. The van der Waals surface area contributed by atoms with Crippen molar-refractivity contribution < 1.29 is 9.59 Å². The van der Waals surface area contributed by atoms with Crippen LogP contribution in [0.25, 0.3) is 0 Å². The Bertz CT molecular complexity index is 116. The van der Waals surface area contributed by atoms with E-state index in [2.05, 4.69) is 4.99 Å². The molecule has 3 nitrogen and oxygen atoms in total. The molecule has 0 saturated heterocycles. The van der Waals surface area contributed by atoms with Crippen LogP contribution >= 0.6 is 0 Å². The fourth-order valence-electron chi connectivity index (χ4n) is 0.286. The first kappa shape index (κ1) is 7.05. The van der Waals surface area contributed by atoms with Gasteiger partial charge in [-0.1, -0.05) is 6.92 Å². The maximum Gasteiger partial charge on any atom is 0.235 e. The fourth-order valence-corrected chi connectivity index (χ4v) is 0.286. The Balaban J connectivity index is 3.69. The molecule has 0 aliphatic rings. The molecule has 0 radical (unpaired) electrons. The average Bonchev–Trinajstić information content (AvgIpc) is 1.83. The lowest BCUT2D eigenvalue weighted by Crippen LogP contribution is -2.01. The van der Waals surface area contributed by atoms with Gasteiger partial charge in [-0.15, -0.1) is 0 Å². The van der Waals surface area contributed by atoms with Crippen LogP contribution in [-0.2, 0) is 9.59 Å². The highest BCUT2D eigenvalue weighted by atomic mass is 16.1. The summed E-state index contributed by atoms with van der Waals surface area (Å²) in [6.45, 7) is 1.78. The molecular formula is C5H7NO2. The topological polar surface area (TPSA) is 46.5 Å². The van der Waals surface area contributed by atoms with Crippen LogP contribution in [0.2, 0.25) is 0 Å². The molecule has 0 saturated carbocycles. The molecule has 1 unspecified atom stereocenters. The van der Waals surface area contributed by atoms with Gasteiger partial charge in [-0.25, -0.2) is 4.79 Å². The summed E-state index contributed by atoms with van der Waals surface area (Å²) < 4.78 is 0. The Labute approximate surface area is 47.4 Å². The summed E-state index contributed by atoms with van der Waals surface area (Å²) in [5, 5.41) is 0. The Morgan fingerprint density at radius 1 is 1.88 bits per heavy atom. The average molecular weight is 113 g/mol. The van der Waals surface area contributed by atoms with Gasteiger partial charge in [-0.2, -0.15) is 4.99 Å². The van der Waals surface area contributed by atoms with Crippen LogP contribution in [-0.4, -0.2) is 18.4 Å². The summed E-state index contributed by atoms with van der Waals surface area (Å²) in [4.78, 5) is 22.5. The Morgan fingerprint density at radius 3 is 2.62 bits per heavy atom. The third kappa shape index (κ3) is 2.26. The second kappa shape index (κ2) is 4.22. The quantitative estimate of drug-likeness (QED) is 0.300. The first-order valence-electron chi connectivity index (χ1n) is 2.37. The van der Waals surface area contributed by atoms with E-state index in [0.29, 0.717) is 12.7 Å². The van der Waals surface area contributed by atoms with Gasteiger partial charge in [0.2, 0.25) is 6.08 Å². The molecule has 0 fully saturated rings. The molecule has 0 aromatic carbocycles. The summed E-state index contributed by atoms with van der Waals surface area (Å²) in [5.74, 6) is 0. The predicted molar refractivity (Wildman–Crippen MR) is 28.3 cm³/mol. The van der Waals surface area contributed by atoms with Gasteiger partial charge in [0, 0.05) is 0 Å². The Morgan fingerprint density at radius 2 is 2.50 bits per heavy atom. The molecule has 44 valence electrons. The van der Waals surface area contributed by atoms with Crippen LogP contribution in [0.1, 0.15) is 13.3 Å². The van der Waals surface area contributed by atoms with Crippen LogP contribution in [0.15, 0.2) is 4.99 Å². The second-order valence-corrected chi connectivity index (χ2v) is 1.33. The van der Waals surface area contributed by atoms with E-state index in [4.69, 9.17) is 0 Å². The zero-order valence-electron chi connectivity index (χ0n) is 4.63. The highest BCUT2D eigenvalue weighted by Gasteiger charge is 1.96. The van der Waals surface area contributed by atoms with Gasteiger partial charge in [0.1, 0.15) is 12.3 Å². The van der Waals surface area contributed by atoms with Crippen molar-refractivity contribution >= 4 is 12.4 Å². The van der Waals surface area contributed by atoms with Crippen molar-refractivity contribution in [1.29, 1.82) is 0 Å². The van der Waals surface area contributed by atoms with Crippen LogP contribution in [0.4, 0.5) is 0 Å². The normalized spacial score (nSPS) is 11.6. The third-order valence-electron chi connectivity index (χ3n) is 0.794. The van der Waals surface area contributed by atoms with Crippen LogP contribution in [0.5, 0.6) is 0 Å². The van der Waals surface area contributed by atoms with Gasteiger partial charge in [0.05, 0.1) is 0 Å². The van der Waals surface area contributed by atoms with Crippen molar-refractivity contribution in [2.24, 2.45) is 4.99 Å². The molecule has 0 aliphatic carbocycles. The van der Waals surface area contributed by atoms with Crippen molar-refractivity contribution in [2.45, 2.75) is 19.4 Å². The number of hydrogen-bond acceptors (Lipinski definition) is 3. The minimum absolute atomic E-state index is 0.479. The molecule has 0 aromatic heterocycles. The second-order valence-electron chi connectivity index (χ2n) is 1.33. The van der Waals surface area contributed by atoms with Crippen LogP contribution in [0, 0.1) is 0 Å². The molecule has 0 bridgehead atoms. The number of hydrogen-bond donors (Lipinski definition) is 0. The maximum atomic E-state index is 9.85. The largest absolute Gasteiger partial charge is 0.301 e. The van der Waals surface area contributed by atoms with Crippen molar-refractivity contribution in [3.8, 4) is 0 Å². The van der Waals surface area contributed by atoms with Crippen molar-refractivity contribution in [3.63, 3.8) is 0 Å². The SMILES string of the molecule is CCC(C=O)N=C=O. The molecule has 0 amide bonds. The first-order valence-corrected chi connectivity index (χ1v) is 2.37. The fraction of sp³-hybridized carbons (Fsp3) is 0.600. The lowest BCUT2D eigenvalue weighted by atomic mass is 10.3. The summed E-state index contributed by atoms with van der Waals surface area (Å²) in [6.07, 6.45) is 2.51. The zero-order valence-corrected chi connectivity index (χ0v) is 4.63. The van der Waals surface area contributed by atoms with Gasteiger partial charge in [-0.3, -0.25) is 0 Å². The van der Waals surface area contributed by atoms with E-state index in [9.17, 15) is 9.59 Å². The number of carbonyl (C=O) groups is 1. The molecule has 8 heavy (non-hydrogen) atoms. The standard InChI is InChI=1S/C5H7NO2/c1-2-5(3-7)6-4-8/h3,5H,2H2,1H3. The number of carbonyl (C=O) groups excluding carboxylic acids is 2. The lowest BCUT2D eigenvalue weighted by Gasteiger charge is -1.90. The first-order chi connectivity index (χ1) is 3.85. The van der Waals surface area contributed by atoms with E-state index in [-0.39, 0.29) is 0 Å². The number of nitrogens with zero attached hydrogens (tertiary/aromatic N) is 1. The molecule has 0 heterocycles. The number of aliphatic imine (C=N–C) groups is 1. The molecule has 1 atom stereocenters. The number of rotatable bonds is 3. The number of isocyanates is 1. The summed E-state index contributed by atoms with van der Waals surface area (Å²) in [7, 11) is 0. The van der Waals surface area contributed by atoms with Crippen molar-refractivity contribution in [3.05, 3.63) is 0 Å². The molecular weight excluding hydrogens is 106 g/mol. The highest BCUT2D eigenvalue weighted by Crippen LogP contribution is 1.88. The van der Waals surface area contributed by atoms with Crippen molar-refractivity contribution in [2.75, 3.05) is 0 Å². The van der Waals surface area contributed by atoms with E-state index in [1.54, 1.807) is 6.92 Å². The molecule has 0 aliphatic heterocycles. The molecule has 0 rings (SSSR count). The highest BCUT2D eigenvalue weighted by molar-refractivity contribution is 5.59. The van der Waals surface area contributed by atoms with Gasteiger partial charge < -0.3 is 4.79 Å². The predicted octanol–water partition coefficient (Wildman–Crippen LogP) is 0.300. The summed E-state index contributed by atoms with van der Waals surface area (Å²) in [5.41, 5.74) is 0. The zero-order chi connectivity index (χ0) is 6.41. The summed E-state index contributed by atoms with van der Waals surface area (Å²) in [6, 6.07) is -0.479.